The Morgan fingerprint density at radius 1 is 1.12 bits per heavy atom. The molecular weight excluding hydrogens is 443 g/mol. The average molecular weight is 459 g/mol. The van der Waals surface area contributed by atoms with E-state index in [1.165, 1.54) is 30.4 Å². The van der Waals surface area contributed by atoms with E-state index in [-0.39, 0.29) is 17.2 Å². The molecule has 0 bridgehead atoms. The molecule has 0 radical (unpaired) electrons. The van der Waals surface area contributed by atoms with Gasteiger partial charge in [-0.15, -0.1) is 0 Å². The number of amides is 2. The van der Waals surface area contributed by atoms with Crippen LogP contribution in [0.25, 0.3) is 21.5 Å². The summed E-state index contributed by atoms with van der Waals surface area (Å²) in [7, 11) is 1.75. The molecule has 4 aromatic rings. The molecule has 0 aliphatic carbocycles. The van der Waals surface area contributed by atoms with Crippen LogP contribution in [0, 0.1) is 0 Å². The topological polar surface area (TPSA) is 88.9 Å². The van der Waals surface area contributed by atoms with Crippen molar-refractivity contribution in [1.29, 1.82) is 0 Å². The smallest absolute Gasteiger partial charge is 0.334 e. The average Bonchev–Trinajstić information content (AvgIpc) is 3.31. The van der Waals surface area contributed by atoms with Crippen molar-refractivity contribution in [1.82, 2.24) is 14.5 Å². The Bertz CT molecular complexity index is 1340. The van der Waals surface area contributed by atoms with E-state index in [4.69, 9.17) is 0 Å². The van der Waals surface area contributed by atoms with Crippen LogP contribution in [0.3, 0.4) is 0 Å². The van der Waals surface area contributed by atoms with Crippen molar-refractivity contribution >= 4 is 44.2 Å². The summed E-state index contributed by atoms with van der Waals surface area (Å²) in [6, 6.07) is 7.88. The van der Waals surface area contributed by atoms with Crippen LogP contribution in [0.1, 0.15) is 22.8 Å². The van der Waals surface area contributed by atoms with Gasteiger partial charge in [0.25, 0.3) is 5.91 Å². The maximum absolute atomic E-state index is 13.3. The number of thiazole rings is 1. The number of hydrogen-bond acceptors (Lipinski definition) is 5. The molecule has 2 amide bonds. The van der Waals surface area contributed by atoms with E-state index >= 15 is 0 Å². The fraction of sp³-hybridized carbons (Fsp3) is 0.143. The summed E-state index contributed by atoms with van der Waals surface area (Å²) in [5.41, 5.74) is 0.729. The highest BCUT2D eigenvalue weighted by Crippen LogP contribution is 2.35. The molecule has 0 aliphatic heterocycles. The lowest BCUT2D eigenvalue weighted by molar-refractivity contribution is -0.137. The maximum Gasteiger partial charge on any atom is 0.416 e. The molecule has 0 spiro atoms. The highest BCUT2D eigenvalue weighted by atomic mass is 32.1. The van der Waals surface area contributed by atoms with Crippen molar-refractivity contribution in [3.8, 4) is 11.3 Å². The van der Waals surface area contributed by atoms with Gasteiger partial charge in [-0.2, -0.15) is 13.2 Å². The first-order valence-electron chi connectivity index (χ1n) is 9.30. The Labute approximate surface area is 183 Å². The number of alkyl halides is 3. The Hall–Kier alpha value is -3.73. The summed E-state index contributed by atoms with van der Waals surface area (Å²) in [6.07, 6.45) is -1.40. The van der Waals surface area contributed by atoms with Gasteiger partial charge < -0.3 is 15.2 Å². The number of halogens is 3. The Kier molecular flexibility index (Phi) is 5.43. The zero-order valence-corrected chi connectivity index (χ0v) is 17.6. The van der Waals surface area contributed by atoms with Gasteiger partial charge >= 0.3 is 6.18 Å². The summed E-state index contributed by atoms with van der Waals surface area (Å²) in [4.78, 5) is 33.2. The molecule has 32 heavy (non-hydrogen) atoms. The van der Waals surface area contributed by atoms with Crippen LogP contribution in [0.5, 0.6) is 0 Å². The van der Waals surface area contributed by atoms with E-state index in [1.54, 1.807) is 36.3 Å². The van der Waals surface area contributed by atoms with Gasteiger partial charge in [-0.25, -0.2) is 9.97 Å². The molecule has 0 unspecified atom stereocenters. The second-order valence-corrected chi connectivity index (χ2v) is 7.99. The fourth-order valence-electron chi connectivity index (χ4n) is 3.22. The normalized spacial score (nSPS) is 11.5. The molecule has 0 saturated carbocycles. The molecule has 0 aliphatic rings. The predicted molar refractivity (Wildman–Crippen MR) is 116 cm³/mol. The highest BCUT2D eigenvalue weighted by Gasteiger charge is 2.30. The molecule has 0 fully saturated rings. The lowest BCUT2D eigenvalue weighted by atomic mass is 10.0. The van der Waals surface area contributed by atoms with Crippen LogP contribution in [-0.2, 0) is 18.0 Å². The number of carbonyl (C=O) groups is 2. The number of carbonyl (C=O) groups excluding carboxylic acids is 2. The van der Waals surface area contributed by atoms with E-state index in [2.05, 4.69) is 20.6 Å². The van der Waals surface area contributed by atoms with Crippen molar-refractivity contribution in [3.05, 3.63) is 60.0 Å². The van der Waals surface area contributed by atoms with E-state index in [1.807, 2.05) is 0 Å². The Morgan fingerprint density at radius 3 is 2.56 bits per heavy atom. The molecule has 11 heteroatoms. The molecule has 2 aromatic heterocycles. The third kappa shape index (κ3) is 4.19. The van der Waals surface area contributed by atoms with Gasteiger partial charge in [-0.1, -0.05) is 23.5 Å². The number of nitrogens with zero attached hydrogens (tertiary/aromatic N) is 3. The summed E-state index contributed by atoms with van der Waals surface area (Å²) < 4.78 is 41.6. The first kappa shape index (κ1) is 21.5. The van der Waals surface area contributed by atoms with Gasteiger partial charge in [0.05, 0.1) is 39.6 Å². The fourth-order valence-corrected chi connectivity index (χ4v) is 4.15. The molecule has 4 rings (SSSR count). The van der Waals surface area contributed by atoms with Crippen molar-refractivity contribution in [2.75, 3.05) is 10.6 Å². The summed E-state index contributed by atoms with van der Waals surface area (Å²) in [5, 5.41) is 5.45. The van der Waals surface area contributed by atoms with E-state index < -0.39 is 17.6 Å². The van der Waals surface area contributed by atoms with E-state index in [9.17, 15) is 22.8 Å². The van der Waals surface area contributed by atoms with Gasteiger partial charge in [-0.3, -0.25) is 9.59 Å². The summed E-state index contributed by atoms with van der Waals surface area (Å²) in [5.74, 6) is -0.948. The van der Waals surface area contributed by atoms with Crippen LogP contribution >= 0.6 is 11.3 Å². The van der Waals surface area contributed by atoms with Crippen LogP contribution in [0.4, 0.5) is 24.0 Å². The van der Waals surface area contributed by atoms with Gasteiger partial charge in [0, 0.05) is 25.2 Å². The van der Waals surface area contributed by atoms with Gasteiger partial charge in [0.1, 0.15) is 0 Å². The first-order chi connectivity index (χ1) is 15.1. The van der Waals surface area contributed by atoms with Gasteiger partial charge in [-0.05, 0) is 24.3 Å². The molecule has 164 valence electrons. The number of imidazole rings is 1. The predicted octanol–water partition coefficient (Wildman–Crippen LogP) is 4.93. The van der Waals surface area contributed by atoms with Crippen molar-refractivity contribution in [3.63, 3.8) is 0 Å². The first-order valence-corrected chi connectivity index (χ1v) is 10.1. The number of anilines is 2. The number of fused-ring (bicyclic) bond motifs is 1. The summed E-state index contributed by atoms with van der Waals surface area (Å²) in [6.45, 7) is 1.34. The Morgan fingerprint density at radius 2 is 1.91 bits per heavy atom. The number of rotatable bonds is 4. The lowest BCUT2D eigenvalue weighted by Crippen LogP contribution is -2.15. The lowest BCUT2D eigenvalue weighted by Gasteiger charge is -2.13. The molecule has 2 aromatic carbocycles. The van der Waals surface area contributed by atoms with Gasteiger partial charge in [0.15, 0.2) is 5.13 Å². The van der Waals surface area contributed by atoms with Crippen LogP contribution in [0.2, 0.25) is 0 Å². The Balaban J connectivity index is 1.83. The standard InChI is InChI=1S/C21H16F3N5O2S/c1-11(30)26-20-28-18-16(32-20)7-6-14(15-9-25-10-29(15)2)17(18)19(31)27-13-5-3-4-12(8-13)21(22,23)24/h3-10H,1-2H3,(H,27,31)(H,26,28,30). The number of hydrogen-bond donors (Lipinski definition) is 2. The van der Waals surface area contributed by atoms with Gasteiger partial charge in [0.2, 0.25) is 5.91 Å². The van der Waals surface area contributed by atoms with Crippen LogP contribution in [-0.4, -0.2) is 26.3 Å². The second-order valence-electron chi connectivity index (χ2n) is 6.96. The molecule has 7 nitrogen and oxygen atoms in total. The number of aromatic nitrogens is 3. The number of nitrogens with one attached hydrogen (secondary N) is 2. The van der Waals surface area contributed by atoms with Crippen molar-refractivity contribution < 1.29 is 22.8 Å². The van der Waals surface area contributed by atoms with Crippen LogP contribution < -0.4 is 10.6 Å². The number of benzene rings is 2. The van der Waals surface area contributed by atoms with E-state index in [0.29, 0.717) is 26.6 Å². The molecular formula is C21H16F3N5O2S. The minimum atomic E-state index is -4.54. The molecule has 0 saturated heterocycles. The monoisotopic (exact) mass is 459 g/mol. The quantitative estimate of drug-likeness (QED) is 0.453. The molecule has 2 heterocycles. The minimum absolute atomic E-state index is 0.00454. The summed E-state index contributed by atoms with van der Waals surface area (Å²) >= 11 is 1.19. The zero-order valence-electron chi connectivity index (χ0n) is 16.8. The van der Waals surface area contributed by atoms with Crippen molar-refractivity contribution in [2.24, 2.45) is 7.05 Å². The minimum Gasteiger partial charge on any atom is -0.334 e. The third-order valence-electron chi connectivity index (χ3n) is 4.61. The largest absolute Gasteiger partial charge is 0.416 e. The van der Waals surface area contributed by atoms with Crippen molar-refractivity contribution in [2.45, 2.75) is 13.1 Å². The second kappa shape index (κ2) is 8.08. The number of aryl methyl sites for hydroxylation is 1. The molecule has 0 atom stereocenters. The maximum atomic E-state index is 13.3. The van der Waals surface area contributed by atoms with E-state index in [0.717, 1.165) is 12.1 Å². The zero-order chi connectivity index (χ0) is 23.0. The SMILES string of the molecule is CC(=O)Nc1nc2c(C(=O)Nc3cccc(C(F)(F)F)c3)c(-c3cncn3C)ccc2s1. The third-order valence-corrected chi connectivity index (χ3v) is 5.55. The molecule has 2 N–H and O–H groups in total. The van der Waals surface area contributed by atoms with Crippen LogP contribution in [0.15, 0.2) is 48.9 Å². The highest BCUT2D eigenvalue weighted by molar-refractivity contribution is 7.22.